The summed E-state index contributed by atoms with van der Waals surface area (Å²) in [4.78, 5) is 9.12. The van der Waals surface area contributed by atoms with Crippen molar-refractivity contribution in [3.05, 3.63) is 96.1 Å². The number of phenolic OH excluding ortho intramolecular Hbond substituents is 2. The monoisotopic (exact) mass is 366 g/mol. The molecule has 0 atom stereocenters. The van der Waals surface area contributed by atoms with Crippen molar-refractivity contribution in [1.82, 2.24) is 0 Å². The average molecular weight is 366 g/mol. The number of aromatic hydroxyl groups is 2. The summed E-state index contributed by atoms with van der Waals surface area (Å²) in [6.45, 7) is 0. The second kappa shape index (κ2) is 7.76. The standard InChI is InChI=1S/C24H18N2O2/c27-23-13-3-1-7-17(23)15-25-21-11-5-10-20-19(21)9-6-12-22(20)26-16-18-8-2-4-14-24(18)28/h1-16,27-28H. The normalized spacial score (nSPS) is 11.6. The van der Waals surface area contributed by atoms with Gasteiger partial charge in [0, 0.05) is 34.3 Å². The summed E-state index contributed by atoms with van der Waals surface area (Å²) in [5.41, 5.74) is 2.90. The van der Waals surface area contributed by atoms with E-state index in [-0.39, 0.29) is 11.5 Å². The molecule has 4 nitrogen and oxygen atoms in total. The van der Waals surface area contributed by atoms with Crippen LogP contribution in [0.1, 0.15) is 11.1 Å². The second-order valence-corrected chi connectivity index (χ2v) is 6.28. The van der Waals surface area contributed by atoms with Crippen molar-refractivity contribution in [3.63, 3.8) is 0 Å². The molecule has 0 amide bonds. The van der Waals surface area contributed by atoms with Gasteiger partial charge in [0.25, 0.3) is 0 Å². The molecule has 136 valence electrons. The van der Waals surface area contributed by atoms with Crippen LogP contribution in [-0.4, -0.2) is 22.6 Å². The molecule has 4 heteroatoms. The summed E-state index contributed by atoms with van der Waals surface area (Å²) < 4.78 is 0. The van der Waals surface area contributed by atoms with Gasteiger partial charge in [-0.25, -0.2) is 0 Å². The molecule has 28 heavy (non-hydrogen) atoms. The van der Waals surface area contributed by atoms with E-state index in [2.05, 4.69) is 9.98 Å². The predicted molar refractivity (Wildman–Crippen MR) is 115 cm³/mol. The SMILES string of the molecule is Oc1ccccc1C=Nc1cccc2c(N=Cc3ccccc3O)cccc12. The molecule has 4 aromatic carbocycles. The van der Waals surface area contributed by atoms with E-state index in [9.17, 15) is 10.2 Å². The lowest BCUT2D eigenvalue weighted by molar-refractivity contribution is 0.474. The highest BCUT2D eigenvalue weighted by Gasteiger charge is 2.04. The van der Waals surface area contributed by atoms with Crippen molar-refractivity contribution < 1.29 is 10.2 Å². The van der Waals surface area contributed by atoms with E-state index in [1.165, 1.54) is 0 Å². The average Bonchev–Trinajstić information content (AvgIpc) is 2.72. The van der Waals surface area contributed by atoms with Crippen LogP contribution in [0, 0.1) is 0 Å². The second-order valence-electron chi connectivity index (χ2n) is 6.28. The lowest BCUT2D eigenvalue weighted by Crippen LogP contribution is -1.83. The van der Waals surface area contributed by atoms with Gasteiger partial charge in [-0.3, -0.25) is 9.98 Å². The molecule has 0 unspecified atom stereocenters. The van der Waals surface area contributed by atoms with Gasteiger partial charge in [0.2, 0.25) is 0 Å². The molecule has 0 fully saturated rings. The Morgan fingerprint density at radius 1 is 0.500 bits per heavy atom. The van der Waals surface area contributed by atoms with Gasteiger partial charge in [-0.15, -0.1) is 0 Å². The third-order valence-corrected chi connectivity index (χ3v) is 4.43. The van der Waals surface area contributed by atoms with Crippen LogP contribution in [0.4, 0.5) is 11.4 Å². The lowest BCUT2D eigenvalue weighted by atomic mass is 10.1. The van der Waals surface area contributed by atoms with Crippen LogP contribution in [0.25, 0.3) is 10.8 Å². The number of benzene rings is 4. The van der Waals surface area contributed by atoms with Gasteiger partial charge in [-0.2, -0.15) is 0 Å². The first-order valence-corrected chi connectivity index (χ1v) is 8.88. The first-order valence-electron chi connectivity index (χ1n) is 8.88. The summed E-state index contributed by atoms with van der Waals surface area (Å²) in [5, 5.41) is 21.8. The maximum absolute atomic E-state index is 9.92. The maximum atomic E-state index is 9.92. The first-order chi connectivity index (χ1) is 13.7. The van der Waals surface area contributed by atoms with E-state index < -0.39 is 0 Å². The number of para-hydroxylation sites is 2. The predicted octanol–water partition coefficient (Wildman–Crippen LogP) is 5.75. The van der Waals surface area contributed by atoms with Gasteiger partial charge in [-0.1, -0.05) is 48.5 Å². The molecular formula is C24H18N2O2. The minimum absolute atomic E-state index is 0.194. The third-order valence-electron chi connectivity index (χ3n) is 4.43. The Labute approximate surface area is 162 Å². The Hall–Kier alpha value is -3.92. The lowest BCUT2D eigenvalue weighted by Gasteiger charge is -2.05. The van der Waals surface area contributed by atoms with Gasteiger partial charge >= 0.3 is 0 Å². The summed E-state index contributed by atoms with van der Waals surface area (Å²) in [6, 6.07) is 25.9. The Balaban J connectivity index is 1.73. The van der Waals surface area contributed by atoms with Crippen LogP contribution >= 0.6 is 0 Å². The van der Waals surface area contributed by atoms with Crippen LogP contribution in [0.2, 0.25) is 0 Å². The van der Waals surface area contributed by atoms with Gasteiger partial charge in [0.05, 0.1) is 11.4 Å². The molecule has 0 spiro atoms. The molecule has 0 aliphatic carbocycles. The fourth-order valence-corrected chi connectivity index (χ4v) is 2.97. The topological polar surface area (TPSA) is 65.2 Å². The van der Waals surface area contributed by atoms with Gasteiger partial charge in [0.1, 0.15) is 11.5 Å². The number of fused-ring (bicyclic) bond motifs is 1. The van der Waals surface area contributed by atoms with Crippen molar-refractivity contribution in [2.45, 2.75) is 0 Å². The maximum Gasteiger partial charge on any atom is 0.124 e. The quantitative estimate of drug-likeness (QED) is 0.452. The summed E-state index contributed by atoms with van der Waals surface area (Å²) in [5.74, 6) is 0.388. The molecule has 0 saturated carbocycles. The number of nitrogens with zero attached hydrogens (tertiary/aromatic N) is 2. The molecule has 0 aliphatic rings. The van der Waals surface area contributed by atoms with E-state index in [1.807, 2.05) is 60.7 Å². The molecule has 0 bridgehead atoms. The molecule has 0 heterocycles. The largest absolute Gasteiger partial charge is 0.507 e. The molecule has 0 aromatic heterocycles. The van der Waals surface area contributed by atoms with Crippen molar-refractivity contribution in [2.75, 3.05) is 0 Å². The van der Waals surface area contributed by atoms with E-state index in [0.717, 1.165) is 22.1 Å². The molecular weight excluding hydrogens is 348 g/mol. The van der Waals surface area contributed by atoms with Crippen molar-refractivity contribution in [3.8, 4) is 11.5 Å². The Kier molecular flexibility index (Phi) is 4.85. The molecule has 0 saturated heterocycles. The van der Waals surface area contributed by atoms with Crippen LogP contribution < -0.4 is 0 Å². The van der Waals surface area contributed by atoms with E-state index in [0.29, 0.717) is 11.1 Å². The summed E-state index contributed by atoms with van der Waals surface area (Å²) in [7, 11) is 0. The Bertz CT molecular complexity index is 1100. The zero-order valence-electron chi connectivity index (χ0n) is 15.0. The van der Waals surface area contributed by atoms with Crippen molar-refractivity contribution >= 4 is 34.6 Å². The zero-order valence-corrected chi connectivity index (χ0v) is 15.0. The minimum atomic E-state index is 0.194. The minimum Gasteiger partial charge on any atom is -0.507 e. The van der Waals surface area contributed by atoms with Gasteiger partial charge in [-0.05, 0) is 36.4 Å². The Morgan fingerprint density at radius 3 is 1.36 bits per heavy atom. The highest BCUT2D eigenvalue weighted by Crippen LogP contribution is 2.33. The summed E-state index contributed by atoms with van der Waals surface area (Å²) in [6.07, 6.45) is 3.31. The third kappa shape index (κ3) is 3.62. The molecule has 2 N–H and O–H groups in total. The number of phenols is 2. The number of hydrogen-bond acceptors (Lipinski definition) is 4. The van der Waals surface area contributed by atoms with Crippen LogP contribution in [0.15, 0.2) is 94.9 Å². The molecule has 0 radical (unpaired) electrons. The number of aliphatic imine (C=N–C) groups is 2. The van der Waals surface area contributed by atoms with Crippen molar-refractivity contribution in [1.29, 1.82) is 0 Å². The first kappa shape index (κ1) is 17.5. The number of rotatable bonds is 4. The fourth-order valence-electron chi connectivity index (χ4n) is 2.97. The van der Waals surface area contributed by atoms with E-state index in [1.54, 1.807) is 36.7 Å². The molecule has 4 aromatic rings. The van der Waals surface area contributed by atoms with Crippen molar-refractivity contribution in [2.24, 2.45) is 9.98 Å². The highest BCUT2D eigenvalue weighted by molar-refractivity contribution is 6.02. The summed E-state index contributed by atoms with van der Waals surface area (Å²) >= 11 is 0. The van der Waals surface area contributed by atoms with Crippen LogP contribution in [-0.2, 0) is 0 Å². The smallest absolute Gasteiger partial charge is 0.124 e. The number of hydrogen-bond donors (Lipinski definition) is 2. The van der Waals surface area contributed by atoms with E-state index >= 15 is 0 Å². The Morgan fingerprint density at radius 2 is 0.929 bits per heavy atom. The zero-order chi connectivity index (χ0) is 19.3. The van der Waals surface area contributed by atoms with E-state index in [4.69, 9.17) is 0 Å². The van der Waals surface area contributed by atoms with Crippen LogP contribution in [0.5, 0.6) is 11.5 Å². The van der Waals surface area contributed by atoms with Crippen LogP contribution in [0.3, 0.4) is 0 Å². The van der Waals surface area contributed by atoms with Gasteiger partial charge in [0.15, 0.2) is 0 Å². The fraction of sp³-hybridized carbons (Fsp3) is 0. The molecule has 0 aliphatic heterocycles. The highest BCUT2D eigenvalue weighted by atomic mass is 16.3. The molecule has 4 rings (SSSR count). The van der Waals surface area contributed by atoms with Gasteiger partial charge < -0.3 is 10.2 Å².